The van der Waals surface area contributed by atoms with Crippen molar-refractivity contribution in [2.45, 2.75) is 12.1 Å². The summed E-state index contributed by atoms with van der Waals surface area (Å²) >= 11 is 21.7. The van der Waals surface area contributed by atoms with Crippen LogP contribution in [0.4, 0.5) is 5.69 Å². The van der Waals surface area contributed by atoms with Gasteiger partial charge in [-0.25, -0.2) is 10.3 Å². The minimum absolute atomic E-state index is 0.162. The molecule has 6 nitrogen and oxygen atoms in total. The predicted molar refractivity (Wildman–Crippen MR) is 134 cm³/mol. The molecule has 0 bridgehead atoms. The van der Waals surface area contributed by atoms with Crippen molar-refractivity contribution in [2.24, 2.45) is 5.92 Å². The third-order valence-electron chi connectivity index (χ3n) is 5.90. The van der Waals surface area contributed by atoms with E-state index in [-0.39, 0.29) is 10.7 Å². The maximum Gasteiger partial charge on any atom is 0.268 e. The van der Waals surface area contributed by atoms with Crippen LogP contribution in [0.3, 0.4) is 0 Å². The first-order valence-corrected chi connectivity index (χ1v) is 12.1. The van der Waals surface area contributed by atoms with Gasteiger partial charge in [-0.3, -0.25) is 19.4 Å². The molecule has 0 unspecified atom stereocenters. The molecule has 0 radical (unpaired) electrons. The van der Waals surface area contributed by atoms with E-state index in [0.29, 0.717) is 25.6 Å². The highest BCUT2D eigenvalue weighted by Crippen LogP contribution is 2.44. The molecule has 1 N–H and O–H groups in total. The molecule has 3 atom stereocenters. The van der Waals surface area contributed by atoms with E-state index < -0.39 is 35.7 Å². The van der Waals surface area contributed by atoms with Crippen LogP contribution in [0.5, 0.6) is 0 Å². The fourth-order valence-electron chi connectivity index (χ4n) is 4.38. The minimum atomic E-state index is -1.06. The number of carbonyl (C=O) groups excluding carboxylic acids is 3. The van der Waals surface area contributed by atoms with E-state index in [2.05, 4.69) is 21.4 Å². The summed E-state index contributed by atoms with van der Waals surface area (Å²) in [6.45, 7) is 0. The number of fused-ring (bicyclic) bond motifs is 1. The number of imide groups is 1. The normalized spacial score (nSPS) is 21.8. The number of anilines is 1. The van der Waals surface area contributed by atoms with E-state index in [0.717, 1.165) is 4.90 Å². The summed E-state index contributed by atoms with van der Waals surface area (Å²) in [4.78, 5) is 41.8. The Kier molecular flexibility index (Phi) is 6.16. The molecule has 2 saturated heterocycles. The summed E-state index contributed by atoms with van der Waals surface area (Å²) in [5.74, 6) is -2.31. The number of rotatable bonds is 3. The van der Waals surface area contributed by atoms with Gasteiger partial charge in [-0.2, -0.15) is 0 Å². The second-order valence-corrected chi connectivity index (χ2v) is 10.1. The number of amides is 3. The molecule has 2 aliphatic rings. The largest absolute Gasteiger partial charge is 0.274 e. The molecule has 3 aromatic rings. The fraction of sp³-hybridized carbons (Fsp3) is 0.125. The average Bonchev–Trinajstić information content (AvgIpc) is 3.31. The van der Waals surface area contributed by atoms with Crippen molar-refractivity contribution in [3.05, 3.63) is 97.4 Å². The molecule has 10 heteroatoms. The van der Waals surface area contributed by atoms with Crippen LogP contribution >= 0.6 is 50.7 Å². The number of hydrogen-bond donors (Lipinski definition) is 1. The Morgan fingerprint density at radius 1 is 0.882 bits per heavy atom. The lowest BCUT2D eigenvalue weighted by Gasteiger charge is -2.25. The topological polar surface area (TPSA) is 69.7 Å². The van der Waals surface area contributed by atoms with Crippen LogP contribution in [0, 0.1) is 5.92 Å². The van der Waals surface area contributed by atoms with E-state index in [1.54, 1.807) is 54.6 Å². The third-order valence-corrected chi connectivity index (χ3v) is 7.19. The summed E-state index contributed by atoms with van der Waals surface area (Å²) in [6.07, 6.45) is 0. The van der Waals surface area contributed by atoms with Gasteiger partial charge in [-0.1, -0.05) is 68.9 Å². The van der Waals surface area contributed by atoms with Gasteiger partial charge < -0.3 is 0 Å². The van der Waals surface area contributed by atoms with Crippen molar-refractivity contribution >= 4 is 74.1 Å². The van der Waals surface area contributed by atoms with Crippen LogP contribution in [-0.4, -0.2) is 28.8 Å². The second-order valence-electron chi connectivity index (χ2n) is 7.92. The first-order valence-electron chi connectivity index (χ1n) is 10.2. The third kappa shape index (κ3) is 3.91. The predicted octanol–water partition coefficient (Wildman–Crippen LogP) is 5.67. The molecule has 5 rings (SSSR count). The lowest BCUT2D eigenvalue weighted by atomic mass is 9.91. The molecule has 0 spiro atoms. The zero-order valence-corrected chi connectivity index (χ0v) is 21.1. The van der Waals surface area contributed by atoms with E-state index in [4.69, 9.17) is 34.8 Å². The van der Waals surface area contributed by atoms with Gasteiger partial charge in [0.2, 0.25) is 5.91 Å². The Labute approximate surface area is 218 Å². The summed E-state index contributed by atoms with van der Waals surface area (Å²) in [5.41, 5.74) is 4.41. The SMILES string of the molecule is O=C1[C@@H]2[C@@H](c3ccc(Cl)cc3)NN(C(=O)c3cccc(Br)c3)[C@H]2C(=O)N1c1ccc(Cl)cc1Cl. The first-order chi connectivity index (χ1) is 16.3. The Bertz CT molecular complexity index is 1330. The number of halogens is 4. The summed E-state index contributed by atoms with van der Waals surface area (Å²) < 4.78 is 0.715. The Morgan fingerprint density at radius 3 is 2.26 bits per heavy atom. The van der Waals surface area contributed by atoms with Crippen molar-refractivity contribution in [3.63, 3.8) is 0 Å². The molecular weight excluding hydrogens is 565 g/mol. The first kappa shape index (κ1) is 23.3. The van der Waals surface area contributed by atoms with Gasteiger partial charge in [-0.05, 0) is 54.1 Å². The maximum absolute atomic E-state index is 13.6. The van der Waals surface area contributed by atoms with Gasteiger partial charge >= 0.3 is 0 Å². The molecule has 34 heavy (non-hydrogen) atoms. The number of nitrogens with zero attached hydrogens (tertiary/aromatic N) is 2. The minimum Gasteiger partial charge on any atom is -0.274 e. The highest BCUT2D eigenvalue weighted by atomic mass is 79.9. The molecular formula is C24H15BrCl3N3O3. The van der Waals surface area contributed by atoms with Crippen LogP contribution in [0.15, 0.2) is 71.2 Å². The molecule has 0 aliphatic carbocycles. The number of nitrogens with one attached hydrogen (secondary N) is 1. The van der Waals surface area contributed by atoms with Crippen molar-refractivity contribution in [1.82, 2.24) is 10.4 Å². The smallest absolute Gasteiger partial charge is 0.268 e. The highest BCUT2D eigenvalue weighted by molar-refractivity contribution is 9.10. The number of benzene rings is 3. The van der Waals surface area contributed by atoms with Crippen LogP contribution in [-0.2, 0) is 9.59 Å². The van der Waals surface area contributed by atoms with Crippen molar-refractivity contribution in [1.29, 1.82) is 0 Å². The molecule has 0 saturated carbocycles. The van der Waals surface area contributed by atoms with Crippen LogP contribution in [0.25, 0.3) is 0 Å². The maximum atomic E-state index is 13.6. The zero-order chi connectivity index (χ0) is 24.1. The van der Waals surface area contributed by atoms with Crippen LogP contribution in [0.2, 0.25) is 15.1 Å². The monoisotopic (exact) mass is 577 g/mol. The average molecular weight is 580 g/mol. The van der Waals surface area contributed by atoms with E-state index >= 15 is 0 Å². The quantitative estimate of drug-likeness (QED) is 0.406. The Balaban J connectivity index is 1.60. The van der Waals surface area contributed by atoms with Gasteiger partial charge in [0.1, 0.15) is 6.04 Å². The lowest BCUT2D eigenvalue weighted by molar-refractivity contribution is -0.123. The van der Waals surface area contributed by atoms with E-state index in [9.17, 15) is 14.4 Å². The summed E-state index contributed by atoms with van der Waals surface area (Å²) in [7, 11) is 0. The molecule has 3 amide bonds. The van der Waals surface area contributed by atoms with Gasteiger partial charge in [0.25, 0.3) is 11.8 Å². The summed E-state index contributed by atoms with van der Waals surface area (Å²) in [5, 5.41) is 2.31. The molecule has 2 aliphatic heterocycles. The van der Waals surface area contributed by atoms with Crippen LogP contribution < -0.4 is 10.3 Å². The van der Waals surface area contributed by atoms with Crippen molar-refractivity contribution < 1.29 is 14.4 Å². The standard InChI is InChI=1S/C24H15BrCl3N3O3/c25-14-3-1-2-13(10-14)22(32)31-21-19(20(29-31)12-4-6-15(26)7-5-12)23(33)30(24(21)34)18-9-8-16(27)11-17(18)28/h1-11,19-21,29H/t19-,20-,21-/m1/s1. The highest BCUT2D eigenvalue weighted by Gasteiger charge is 2.60. The van der Waals surface area contributed by atoms with Gasteiger partial charge in [0.15, 0.2) is 0 Å². The van der Waals surface area contributed by atoms with E-state index in [1.807, 2.05) is 0 Å². The van der Waals surface area contributed by atoms with Crippen LogP contribution in [0.1, 0.15) is 22.0 Å². The van der Waals surface area contributed by atoms with Gasteiger partial charge in [0, 0.05) is 20.1 Å². The molecule has 2 heterocycles. The fourth-order valence-corrected chi connectivity index (χ4v) is 5.40. The van der Waals surface area contributed by atoms with Crippen molar-refractivity contribution in [2.75, 3.05) is 4.90 Å². The van der Waals surface area contributed by atoms with Crippen molar-refractivity contribution in [3.8, 4) is 0 Å². The molecule has 0 aromatic heterocycles. The zero-order valence-electron chi connectivity index (χ0n) is 17.2. The molecule has 3 aromatic carbocycles. The Hall–Kier alpha value is -2.42. The lowest BCUT2D eigenvalue weighted by Crippen LogP contribution is -2.48. The number of hydrazine groups is 1. The molecule has 2 fully saturated rings. The van der Waals surface area contributed by atoms with E-state index in [1.165, 1.54) is 17.1 Å². The van der Waals surface area contributed by atoms with Gasteiger partial charge in [-0.15, -0.1) is 0 Å². The summed E-state index contributed by atoms with van der Waals surface area (Å²) in [6, 6.07) is 16.6. The number of carbonyl (C=O) groups is 3. The Morgan fingerprint density at radius 2 is 1.59 bits per heavy atom. The second kappa shape index (κ2) is 8.98. The van der Waals surface area contributed by atoms with Gasteiger partial charge in [0.05, 0.1) is 22.7 Å². The molecule has 172 valence electrons. The number of hydrogen-bond acceptors (Lipinski definition) is 4.